The molecule has 27 heavy (non-hydrogen) atoms. The minimum atomic E-state index is 0.450. The number of nitrogens with zero attached hydrogens (tertiary/aromatic N) is 2. The molecule has 0 aliphatic carbocycles. The molecule has 6 nitrogen and oxygen atoms in total. The molecule has 154 valence electrons. The Labute approximate surface area is 165 Å². The number of ether oxygens (including phenoxy) is 2. The summed E-state index contributed by atoms with van der Waals surface area (Å²) in [6.07, 6.45) is 2.02. The van der Waals surface area contributed by atoms with Crippen LogP contribution in [0.5, 0.6) is 11.5 Å². The van der Waals surface area contributed by atoms with E-state index in [1.165, 1.54) is 5.56 Å². The molecule has 1 atom stereocenters. The van der Waals surface area contributed by atoms with E-state index >= 15 is 0 Å². The Morgan fingerprint density at radius 1 is 1.11 bits per heavy atom. The molecule has 0 saturated carbocycles. The second-order valence-electron chi connectivity index (χ2n) is 7.33. The summed E-state index contributed by atoms with van der Waals surface area (Å²) in [6.45, 7) is 9.04. The van der Waals surface area contributed by atoms with Gasteiger partial charge in [-0.15, -0.1) is 0 Å². The largest absolute Gasteiger partial charge is 0.493 e. The number of nitrogens with one attached hydrogen (secondary N) is 2. The fourth-order valence-electron chi connectivity index (χ4n) is 2.89. The third kappa shape index (κ3) is 8.52. The smallest absolute Gasteiger partial charge is 0.191 e. The van der Waals surface area contributed by atoms with Crippen LogP contribution in [0.1, 0.15) is 32.8 Å². The monoisotopic (exact) mass is 378 g/mol. The van der Waals surface area contributed by atoms with Crippen molar-refractivity contribution >= 4 is 5.96 Å². The van der Waals surface area contributed by atoms with Crippen LogP contribution in [0, 0.1) is 5.92 Å². The number of hydrogen-bond acceptors (Lipinski definition) is 4. The maximum Gasteiger partial charge on any atom is 0.191 e. The van der Waals surface area contributed by atoms with Crippen LogP contribution in [0.3, 0.4) is 0 Å². The first kappa shape index (κ1) is 23.1. The number of guanidine groups is 1. The van der Waals surface area contributed by atoms with Gasteiger partial charge < -0.3 is 25.0 Å². The molecule has 0 spiro atoms. The van der Waals surface area contributed by atoms with Gasteiger partial charge in [0.2, 0.25) is 0 Å². The number of benzene rings is 1. The van der Waals surface area contributed by atoms with Crippen molar-refractivity contribution in [1.29, 1.82) is 0 Å². The third-order valence-corrected chi connectivity index (χ3v) is 4.43. The Kier molecular flexibility index (Phi) is 10.6. The average Bonchev–Trinajstić information content (AvgIpc) is 2.64. The van der Waals surface area contributed by atoms with E-state index in [4.69, 9.17) is 14.5 Å². The van der Waals surface area contributed by atoms with E-state index in [1.54, 1.807) is 14.2 Å². The fourth-order valence-corrected chi connectivity index (χ4v) is 2.89. The summed E-state index contributed by atoms with van der Waals surface area (Å²) in [5.74, 6) is 3.05. The number of aliphatic imine (C=N–C) groups is 1. The van der Waals surface area contributed by atoms with Gasteiger partial charge in [-0.3, -0.25) is 4.99 Å². The van der Waals surface area contributed by atoms with Crippen molar-refractivity contribution in [2.45, 2.75) is 39.7 Å². The summed E-state index contributed by atoms with van der Waals surface area (Å²) in [7, 11) is 7.56. The summed E-state index contributed by atoms with van der Waals surface area (Å²) in [6, 6.07) is 6.49. The van der Waals surface area contributed by atoms with Gasteiger partial charge in [-0.1, -0.05) is 19.9 Å². The van der Waals surface area contributed by atoms with E-state index in [-0.39, 0.29) is 0 Å². The fraction of sp³-hybridized carbons (Fsp3) is 0.667. The van der Waals surface area contributed by atoms with Crippen LogP contribution >= 0.6 is 0 Å². The minimum Gasteiger partial charge on any atom is -0.493 e. The molecule has 1 aromatic rings. The quantitative estimate of drug-likeness (QED) is 0.458. The number of rotatable bonds is 11. The van der Waals surface area contributed by atoms with E-state index in [2.05, 4.69) is 56.5 Å². The first-order chi connectivity index (χ1) is 12.9. The summed E-state index contributed by atoms with van der Waals surface area (Å²) in [5, 5.41) is 6.76. The van der Waals surface area contributed by atoms with E-state index in [1.807, 2.05) is 12.1 Å². The average molecular weight is 379 g/mol. The molecular weight excluding hydrogens is 340 g/mol. The Balaban J connectivity index is 2.64. The molecular formula is C21H38N4O2. The van der Waals surface area contributed by atoms with Crippen molar-refractivity contribution in [3.8, 4) is 11.5 Å². The predicted octanol–water partition coefficient (Wildman–Crippen LogP) is 2.78. The van der Waals surface area contributed by atoms with Crippen LogP contribution in [-0.2, 0) is 6.42 Å². The van der Waals surface area contributed by atoms with E-state index in [0.29, 0.717) is 12.0 Å². The highest BCUT2D eigenvalue weighted by atomic mass is 16.5. The van der Waals surface area contributed by atoms with Crippen molar-refractivity contribution in [3.63, 3.8) is 0 Å². The van der Waals surface area contributed by atoms with Crippen molar-refractivity contribution in [1.82, 2.24) is 15.5 Å². The zero-order valence-corrected chi connectivity index (χ0v) is 18.1. The molecule has 0 aromatic heterocycles. The lowest BCUT2D eigenvalue weighted by atomic mass is 10.0. The maximum atomic E-state index is 5.38. The van der Waals surface area contributed by atoms with Crippen molar-refractivity contribution in [3.05, 3.63) is 23.8 Å². The lowest BCUT2D eigenvalue weighted by molar-refractivity contribution is 0.261. The molecule has 0 heterocycles. The molecule has 2 N–H and O–H groups in total. The van der Waals surface area contributed by atoms with Gasteiger partial charge in [-0.2, -0.15) is 0 Å². The molecule has 0 bridgehead atoms. The Morgan fingerprint density at radius 2 is 1.81 bits per heavy atom. The van der Waals surface area contributed by atoms with E-state index in [9.17, 15) is 0 Å². The number of methoxy groups -OCH3 is 2. The summed E-state index contributed by atoms with van der Waals surface area (Å²) < 4.78 is 10.7. The summed E-state index contributed by atoms with van der Waals surface area (Å²) >= 11 is 0. The summed E-state index contributed by atoms with van der Waals surface area (Å²) in [4.78, 5) is 7.05. The van der Waals surface area contributed by atoms with Crippen LogP contribution in [0.4, 0.5) is 0 Å². The SMILES string of the molecule is CCNC(=NCC(CC(C)C)N(C)C)NCCc1ccc(OC)c(OC)c1. The Hall–Kier alpha value is -1.95. The van der Waals surface area contributed by atoms with Crippen LogP contribution in [0.2, 0.25) is 0 Å². The second kappa shape index (κ2) is 12.4. The van der Waals surface area contributed by atoms with Crippen LogP contribution in [0.15, 0.2) is 23.2 Å². The Bertz CT molecular complexity index is 573. The van der Waals surface area contributed by atoms with Crippen molar-refractivity contribution in [2.24, 2.45) is 10.9 Å². The molecule has 0 radical (unpaired) electrons. The second-order valence-corrected chi connectivity index (χ2v) is 7.33. The molecule has 1 unspecified atom stereocenters. The highest BCUT2D eigenvalue weighted by Crippen LogP contribution is 2.27. The van der Waals surface area contributed by atoms with Gasteiger partial charge in [-0.25, -0.2) is 0 Å². The van der Waals surface area contributed by atoms with Crippen molar-refractivity contribution in [2.75, 3.05) is 47.9 Å². The lowest BCUT2D eigenvalue weighted by Crippen LogP contribution is -2.40. The highest BCUT2D eigenvalue weighted by molar-refractivity contribution is 5.79. The van der Waals surface area contributed by atoms with Gasteiger partial charge in [0.05, 0.1) is 20.8 Å². The van der Waals surface area contributed by atoms with Gasteiger partial charge in [0.15, 0.2) is 17.5 Å². The number of likely N-dealkylation sites (N-methyl/N-ethyl adjacent to an activating group) is 1. The first-order valence-corrected chi connectivity index (χ1v) is 9.80. The van der Waals surface area contributed by atoms with Crippen molar-refractivity contribution < 1.29 is 9.47 Å². The lowest BCUT2D eigenvalue weighted by Gasteiger charge is -2.24. The molecule has 1 rings (SSSR count). The van der Waals surface area contributed by atoms with Crippen LogP contribution in [0.25, 0.3) is 0 Å². The van der Waals surface area contributed by atoms with E-state index in [0.717, 1.165) is 49.9 Å². The van der Waals surface area contributed by atoms with Gasteiger partial charge >= 0.3 is 0 Å². The third-order valence-electron chi connectivity index (χ3n) is 4.43. The molecule has 0 saturated heterocycles. The standard InChI is InChI=1S/C21H38N4O2/c1-8-22-21(24-15-18(25(4)5)13-16(2)3)23-12-11-17-9-10-19(26-6)20(14-17)27-7/h9-10,14,16,18H,8,11-13,15H2,1-7H3,(H2,22,23,24). The molecule has 0 fully saturated rings. The first-order valence-electron chi connectivity index (χ1n) is 9.80. The maximum absolute atomic E-state index is 5.38. The number of hydrogen-bond donors (Lipinski definition) is 2. The molecule has 6 heteroatoms. The van der Waals surface area contributed by atoms with Gasteiger partial charge in [-0.05, 0) is 57.5 Å². The summed E-state index contributed by atoms with van der Waals surface area (Å²) in [5.41, 5.74) is 1.20. The zero-order chi connectivity index (χ0) is 20.2. The zero-order valence-electron chi connectivity index (χ0n) is 18.1. The van der Waals surface area contributed by atoms with Crippen LogP contribution < -0.4 is 20.1 Å². The Morgan fingerprint density at radius 3 is 2.37 bits per heavy atom. The topological polar surface area (TPSA) is 58.1 Å². The van der Waals surface area contributed by atoms with E-state index < -0.39 is 0 Å². The van der Waals surface area contributed by atoms with Gasteiger partial charge in [0.25, 0.3) is 0 Å². The van der Waals surface area contributed by atoms with Crippen LogP contribution in [-0.4, -0.2) is 64.9 Å². The molecule has 0 aliphatic rings. The van der Waals surface area contributed by atoms with Gasteiger partial charge in [0, 0.05) is 19.1 Å². The highest BCUT2D eigenvalue weighted by Gasteiger charge is 2.13. The normalized spacial score (nSPS) is 13.0. The molecule has 0 aliphatic heterocycles. The molecule has 0 amide bonds. The predicted molar refractivity (Wildman–Crippen MR) is 114 cm³/mol. The van der Waals surface area contributed by atoms with Gasteiger partial charge in [0.1, 0.15) is 0 Å². The molecule has 1 aromatic carbocycles. The minimum absolute atomic E-state index is 0.450.